The molecule has 0 aromatic heterocycles. The van der Waals surface area contributed by atoms with Crippen molar-refractivity contribution in [1.82, 2.24) is 10.6 Å². The second-order valence-corrected chi connectivity index (χ2v) is 4.61. The van der Waals surface area contributed by atoms with Gasteiger partial charge in [0.2, 0.25) is 0 Å². The summed E-state index contributed by atoms with van der Waals surface area (Å²) in [7, 11) is 3.09. The first kappa shape index (κ1) is 16.0. The number of hydrogen-bond acceptors (Lipinski definition) is 3. The Labute approximate surface area is 120 Å². The topological polar surface area (TPSA) is 62.7 Å². The van der Waals surface area contributed by atoms with Crippen LogP contribution in [0.2, 0.25) is 0 Å². The van der Waals surface area contributed by atoms with Crippen molar-refractivity contribution in [2.24, 2.45) is 4.99 Å². The second kappa shape index (κ2) is 8.19. The molecule has 1 aromatic carbocycles. The largest absolute Gasteiger partial charge is 0.469 e. The molecule has 20 heavy (non-hydrogen) atoms. The lowest BCUT2D eigenvalue weighted by Gasteiger charge is -2.13. The van der Waals surface area contributed by atoms with Gasteiger partial charge in [-0.1, -0.05) is 23.8 Å². The molecule has 0 fully saturated rings. The second-order valence-electron chi connectivity index (χ2n) is 4.61. The summed E-state index contributed by atoms with van der Waals surface area (Å²) in [5.41, 5.74) is 3.74. The zero-order chi connectivity index (χ0) is 15.0. The van der Waals surface area contributed by atoms with E-state index in [-0.39, 0.29) is 5.97 Å². The van der Waals surface area contributed by atoms with E-state index in [1.807, 2.05) is 0 Å². The van der Waals surface area contributed by atoms with Gasteiger partial charge >= 0.3 is 5.97 Å². The molecular weight excluding hydrogens is 254 g/mol. The molecule has 0 amide bonds. The van der Waals surface area contributed by atoms with Crippen molar-refractivity contribution in [2.75, 3.05) is 20.7 Å². The Morgan fingerprint density at radius 1 is 1.30 bits per heavy atom. The number of nitrogens with one attached hydrogen (secondary N) is 2. The predicted molar refractivity (Wildman–Crippen MR) is 80.8 cm³/mol. The normalized spacial score (nSPS) is 11.1. The van der Waals surface area contributed by atoms with Crippen LogP contribution in [0, 0.1) is 13.8 Å². The minimum atomic E-state index is -0.234. The van der Waals surface area contributed by atoms with E-state index in [2.05, 4.69) is 52.4 Å². The lowest BCUT2D eigenvalue weighted by atomic mass is 10.1. The molecule has 0 aliphatic heterocycles. The molecule has 5 heteroatoms. The first-order valence-electron chi connectivity index (χ1n) is 6.64. The zero-order valence-corrected chi connectivity index (χ0v) is 12.6. The third-order valence-electron chi connectivity index (χ3n) is 3.02. The number of guanidine groups is 1. The monoisotopic (exact) mass is 277 g/mol. The fourth-order valence-electron chi connectivity index (χ4n) is 1.83. The molecule has 2 N–H and O–H groups in total. The Kier molecular flexibility index (Phi) is 6.56. The number of hydrogen-bond donors (Lipinski definition) is 2. The molecule has 0 saturated carbocycles. The quantitative estimate of drug-likeness (QED) is 0.487. The summed E-state index contributed by atoms with van der Waals surface area (Å²) < 4.78 is 4.58. The van der Waals surface area contributed by atoms with Gasteiger partial charge in [0.05, 0.1) is 13.5 Å². The van der Waals surface area contributed by atoms with Crippen molar-refractivity contribution < 1.29 is 9.53 Å². The standard InChI is InChI=1S/C15H23N3O2/c1-11-5-6-13(12(2)9-11)10-18-15(16-3)17-8-7-14(19)20-4/h5-6,9H,7-8,10H2,1-4H3,(H2,16,17,18). The highest BCUT2D eigenvalue weighted by molar-refractivity contribution is 5.80. The first-order chi connectivity index (χ1) is 9.56. The van der Waals surface area contributed by atoms with Crippen LogP contribution < -0.4 is 10.6 Å². The number of nitrogens with zero attached hydrogens (tertiary/aromatic N) is 1. The van der Waals surface area contributed by atoms with Crippen molar-refractivity contribution in [2.45, 2.75) is 26.8 Å². The molecule has 0 saturated heterocycles. The van der Waals surface area contributed by atoms with Crippen molar-refractivity contribution in [3.05, 3.63) is 34.9 Å². The summed E-state index contributed by atoms with van der Waals surface area (Å²) in [5.74, 6) is 0.441. The molecule has 110 valence electrons. The molecule has 0 aliphatic rings. The fraction of sp³-hybridized carbons (Fsp3) is 0.467. The van der Waals surface area contributed by atoms with E-state index in [1.54, 1.807) is 7.05 Å². The number of carbonyl (C=O) groups is 1. The van der Waals surface area contributed by atoms with Gasteiger partial charge in [-0.15, -0.1) is 0 Å². The minimum absolute atomic E-state index is 0.234. The number of aryl methyl sites for hydroxylation is 2. The fourth-order valence-corrected chi connectivity index (χ4v) is 1.83. The van der Waals surface area contributed by atoms with Crippen LogP contribution in [0.3, 0.4) is 0 Å². The summed E-state index contributed by atoms with van der Waals surface area (Å²) in [6.07, 6.45) is 0.320. The van der Waals surface area contributed by atoms with E-state index in [9.17, 15) is 4.79 Å². The highest BCUT2D eigenvalue weighted by atomic mass is 16.5. The SMILES string of the molecule is CN=C(NCCC(=O)OC)NCc1ccc(C)cc1C. The smallest absolute Gasteiger partial charge is 0.307 e. The van der Waals surface area contributed by atoms with Crippen molar-refractivity contribution >= 4 is 11.9 Å². The van der Waals surface area contributed by atoms with E-state index in [4.69, 9.17) is 0 Å². The van der Waals surface area contributed by atoms with Gasteiger partial charge < -0.3 is 15.4 Å². The third kappa shape index (κ3) is 5.30. The molecular formula is C15H23N3O2. The zero-order valence-electron chi connectivity index (χ0n) is 12.6. The van der Waals surface area contributed by atoms with E-state index in [1.165, 1.54) is 23.8 Å². The first-order valence-corrected chi connectivity index (χ1v) is 6.64. The van der Waals surface area contributed by atoms with E-state index in [0.717, 1.165) is 0 Å². The molecule has 0 aliphatic carbocycles. The van der Waals surface area contributed by atoms with Gasteiger partial charge in [0.15, 0.2) is 5.96 Å². The maximum absolute atomic E-state index is 11.0. The molecule has 0 radical (unpaired) electrons. The number of esters is 1. The number of methoxy groups -OCH3 is 1. The summed E-state index contributed by atoms with van der Waals surface area (Å²) in [4.78, 5) is 15.1. The van der Waals surface area contributed by atoms with Gasteiger partial charge in [-0.05, 0) is 25.0 Å². The van der Waals surface area contributed by atoms with E-state index in [0.29, 0.717) is 25.5 Å². The van der Waals surface area contributed by atoms with Crippen LogP contribution in [0.1, 0.15) is 23.1 Å². The molecule has 5 nitrogen and oxygen atoms in total. The molecule has 0 spiro atoms. The maximum atomic E-state index is 11.0. The van der Waals surface area contributed by atoms with E-state index >= 15 is 0 Å². The number of aliphatic imine (C=N–C) groups is 1. The van der Waals surface area contributed by atoms with Gasteiger partial charge in [0.25, 0.3) is 0 Å². The van der Waals surface area contributed by atoms with Crippen LogP contribution in [-0.4, -0.2) is 32.6 Å². The van der Waals surface area contributed by atoms with Crippen LogP contribution in [0.4, 0.5) is 0 Å². The summed E-state index contributed by atoms with van der Waals surface area (Å²) in [5, 5.41) is 6.30. The summed E-state index contributed by atoms with van der Waals surface area (Å²) in [6.45, 7) is 5.37. The Bertz CT molecular complexity index is 484. The molecule has 0 bridgehead atoms. The van der Waals surface area contributed by atoms with Crippen molar-refractivity contribution in [1.29, 1.82) is 0 Å². The predicted octanol–water partition coefficient (Wildman–Crippen LogP) is 1.53. The average molecular weight is 277 g/mol. The highest BCUT2D eigenvalue weighted by Gasteiger charge is 2.03. The molecule has 0 heterocycles. The summed E-state index contributed by atoms with van der Waals surface area (Å²) >= 11 is 0. The van der Waals surface area contributed by atoms with Crippen LogP contribution in [0.25, 0.3) is 0 Å². The lowest BCUT2D eigenvalue weighted by Crippen LogP contribution is -2.38. The van der Waals surface area contributed by atoms with Gasteiger partial charge in [-0.2, -0.15) is 0 Å². The van der Waals surface area contributed by atoms with Crippen LogP contribution in [0.15, 0.2) is 23.2 Å². The van der Waals surface area contributed by atoms with Crippen molar-refractivity contribution in [3.8, 4) is 0 Å². The van der Waals surface area contributed by atoms with Crippen molar-refractivity contribution in [3.63, 3.8) is 0 Å². The summed E-state index contributed by atoms with van der Waals surface area (Å²) in [6, 6.07) is 6.36. The van der Waals surface area contributed by atoms with Crippen LogP contribution >= 0.6 is 0 Å². The van der Waals surface area contributed by atoms with Gasteiger partial charge in [-0.25, -0.2) is 0 Å². The number of carbonyl (C=O) groups excluding carboxylic acids is 1. The van der Waals surface area contributed by atoms with Gasteiger partial charge in [0, 0.05) is 20.1 Å². The maximum Gasteiger partial charge on any atom is 0.307 e. The highest BCUT2D eigenvalue weighted by Crippen LogP contribution is 2.09. The average Bonchev–Trinajstić information content (AvgIpc) is 2.43. The molecule has 0 unspecified atom stereocenters. The lowest BCUT2D eigenvalue weighted by molar-refractivity contribution is -0.140. The Balaban J connectivity index is 2.43. The molecule has 1 aromatic rings. The molecule has 0 atom stereocenters. The number of benzene rings is 1. The van der Waals surface area contributed by atoms with Gasteiger partial charge in [0.1, 0.15) is 0 Å². The van der Waals surface area contributed by atoms with Gasteiger partial charge in [-0.3, -0.25) is 9.79 Å². The van der Waals surface area contributed by atoms with E-state index < -0.39 is 0 Å². The van der Waals surface area contributed by atoms with Crippen LogP contribution in [0.5, 0.6) is 0 Å². The van der Waals surface area contributed by atoms with Crippen LogP contribution in [-0.2, 0) is 16.1 Å². The number of rotatable bonds is 5. The Morgan fingerprint density at radius 2 is 2.05 bits per heavy atom. The third-order valence-corrected chi connectivity index (χ3v) is 3.02. The molecule has 1 rings (SSSR count). The minimum Gasteiger partial charge on any atom is -0.469 e. The Hall–Kier alpha value is -2.04. The Morgan fingerprint density at radius 3 is 2.65 bits per heavy atom. The number of ether oxygens (including phenoxy) is 1.